The minimum absolute atomic E-state index is 0.0250. The number of rotatable bonds is 5. The zero-order valence-corrected chi connectivity index (χ0v) is 17.4. The molecule has 4 aromatic rings. The lowest BCUT2D eigenvalue weighted by Gasteiger charge is -2.34. The van der Waals surface area contributed by atoms with E-state index >= 15 is 0 Å². The zero-order chi connectivity index (χ0) is 21.9. The van der Waals surface area contributed by atoms with Crippen molar-refractivity contribution in [2.24, 2.45) is 0 Å². The lowest BCUT2D eigenvalue weighted by molar-refractivity contribution is 0.0745. The van der Waals surface area contributed by atoms with Crippen LogP contribution in [0.2, 0.25) is 0 Å². The number of nitrogens with one attached hydrogen (secondary N) is 2. The predicted molar refractivity (Wildman–Crippen MR) is 118 cm³/mol. The number of aromatic amines is 1. The number of ether oxygens (including phenoxy) is 1. The van der Waals surface area contributed by atoms with Gasteiger partial charge in [-0.2, -0.15) is 20.1 Å². The third kappa shape index (κ3) is 4.00. The lowest BCUT2D eigenvalue weighted by atomic mass is 10.2. The molecule has 0 radical (unpaired) electrons. The van der Waals surface area contributed by atoms with Gasteiger partial charge in [-0.3, -0.25) is 14.9 Å². The highest BCUT2D eigenvalue weighted by Gasteiger charge is 2.24. The molecule has 0 unspecified atom stereocenters. The molecule has 11 nitrogen and oxygen atoms in total. The van der Waals surface area contributed by atoms with Crippen molar-refractivity contribution in [3.05, 3.63) is 54.5 Å². The van der Waals surface area contributed by atoms with Crippen LogP contribution in [0.25, 0.3) is 10.9 Å². The Morgan fingerprint density at radius 3 is 2.75 bits per heavy atom. The number of pyridine rings is 1. The Labute approximate surface area is 183 Å². The molecule has 0 atom stereocenters. The van der Waals surface area contributed by atoms with Crippen LogP contribution in [0.3, 0.4) is 0 Å². The van der Waals surface area contributed by atoms with Crippen LogP contribution >= 0.6 is 0 Å². The summed E-state index contributed by atoms with van der Waals surface area (Å²) in [5, 5.41) is 11.1. The molecule has 0 saturated carbocycles. The minimum Gasteiger partial charge on any atom is -0.467 e. The molecular weight excluding hydrogens is 410 g/mol. The summed E-state index contributed by atoms with van der Waals surface area (Å²) < 4.78 is 5.28. The fraction of sp³-hybridized carbons (Fsp3) is 0.238. The predicted octanol–water partition coefficient (Wildman–Crippen LogP) is 1.86. The fourth-order valence-corrected chi connectivity index (χ4v) is 3.57. The maximum atomic E-state index is 12.7. The molecule has 1 aliphatic rings. The van der Waals surface area contributed by atoms with Crippen molar-refractivity contribution in [3.63, 3.8) is 0 Å². The van der Waals surface area contributed by atoms with Crippen molar-refractivity contribution in [1.82, 2.24) is 35.0 Å². The highest BCUT2D eigenvalue weighted by atomic mass is 16.5. The molecule has 11 heteroatoms. The number of methoxy groups -OCH3 is 1. The van der Waals surface area contributed by atoms with E-state index in [1.54, 1.807) is 30.7 Å². The van der Waals surface area contributed by atoms with Gasteiger partial charge in [0.05, 0.1) is 24.4 Å². The first-order valence-electron chi connectivity index (χ1n) is 10.1. The van der Waals surface area contributed by atoms with E-state index < -0.39 is 0 Å². The Kier molecular flexibility index (Phi) is 5.20. The molecular formula is C21H21N9O2. The number of amides is 1. The second-order valence-corrected chi connectivity index (χ2v) is 7.26. The Balaban J connectivity index is 1.31. The summed E-state index contributed by atoms with van der Waals surface area (Å²) >= 11 is 0. The van der Waals surface area contributed by atoms with Gasteiger partial charge in [0, 0.05) is 49.6 Å². The average molecular weight is 431 g/mol. The number of benzene rings is 1. The molecule has 4 heterocycles. The van der Waals surface area contributed by atoms with Crippen molar-refractivity contribution >= 4 is 34.4 Å². The number of H-pyrrole nitrogens is 1. The molecule has 0 bridgehead atoms. The number of fused-ring (bicyclic) bond motifs is 1. The van der Waals surface area contributed by atoms with Gasteiger partial charge in [-0.1, -0.05) is 0 Å². The number of piperazine rings is 1. The number of anilines is 3. The minimum atomic E-state index is -0.0250. The molecule has 3 aromatic heterocycles. The van der Waals surface area contributed by atoms with Gasteiger partial charge in [-0.05, 0) is 30.3 Å². The van der Waals surface area contributed by atoms with Crippen molar-refractivity contribution in [2.45, 2.75) is 0 Å². The van der Waals surface area contributed by atoms with Gasteiger partial charge in [0.2, 0.25) is 11.9 Å². The Bertz CT molecular complexity index is 1240. The summed E-state index contributed by atoms with van der Waals surface area (Å²) in [5.41, 5.74) is 2.36. The van der Waals surface area contributed by atoms with E-state index in [0.29, 0.717) is 43.6 Å². The van der Waals surface area contributed by atoms with Crippen LogP contribution in [0, 0.1) is 0 Å². The normalized spacial score (nSPS) is 13.9. The molecule has 1 aromatic carbocycles. The molecule has 1 amide bonds. The summed E-state index contributed by atoms with van der Waals surface area (Å²) in [6.45, 7) is 2.31. The molecule has 0 spiro atoms. The van der Waals surface area contributed by atoms with Gasteiger partial charge in [-0.15, -0.1) is 0 Å². The van der Waals surface area contributed by atoms with Gasteiger partial charge in [0.15, 0.2) is 0 Å². The second kappa shape index (κ2) is 8.46. The molecule has 1 fully saturated rings. The number of hydrogen-bond donors (Lipinski definition) is 2. The van der Waals surface area contributed by atoms with Crippen molar-refractivity contribution in [3.8, 4) is 6.01 Å². The lowest BCUT2D eigenvalue weighted by Crippen LogP contribution is -2.49. The highest BCUT2D eigenvalue weighted by Crippen LogP contribution is 2.22. The molecule has 5 rings (SSSR count). The molecule has 0 aliphatic carbocycles. The van der Waals surface area contributed by atoms with Crippen LogP contribution in [0.15, 0.2) is 48.9 Å². The number of nitrogens with zero attached hydrogens (tertiary/aromatic N) is 7. The van der Waals surface area contributed by atoms with E-state index in [-0.39, 0.29) is 11.9 Å². The molecule has 1 aliphatic heterocycles. The number of carbonyl (C=O) groups excluding carboxylic acids is 1. The zero-order valence-electron chi connectivity index (χ0n) is 17.4. The molecule has 2 N–H and O–H groups in total. The maximum absolute atomic E-state index is 12.7. The van der Waals surface area contributed by atoms with Gasteiger partial charge in [-0.25, -0.2) is 0 Å². The smallest absolute Gasteiger partial charge is 0.322 e. The summed E-state index contributed by atoms with van der Waals surface area (Å²) in [4.78, 5) is 33.8. The number of aromatic nitrogens is 6. The van der Waals surface area contributed by atoms with Crippen molar-refractivity contribution < 1.29 is 9.53 Å². The third-order valence-corrected chi connectivity index (χ3v) is 5.24. The maximum Gasteiger partial charge on any atom is 0.322 e. The Morgan fingerprint density at radius 1 is 1.09 bits per heavy atom. The van der Waals surface area contributed by atoms with Crippen LogP contribution in [0.5, 0.6) is 6.01 Å². The standard InChI is InChI=1S/C21H21N9O2/c1-32-21-26-19(24-16-4-5-17-15(11-16)13-23-28-17)25-20(27-21)30-9-7-29(8-10-30)18(31)14-3-2-6-22-12-14/h2-6,11-13H,7-10H2,1H3,(H,23,28)(H,24,25,26,27). The van der Waals surface area contributed by atoms with Crippen LogP contribution in [0.4, 0.5) is 17.6 Å². The molecule has 1 saturated heterocycles. The van der Waals surface area contributed by atoms with Gasteiger partial charge in [0.25, 0.3) is 5.91 Å². The topological polar surface area (TPSA) is 125 Å². The van der Waals surface area contributed by atoms with E-state index in [2.05, 4.69) is 35.5 Å². The van der Waals surface area contributed by atoms with E-state index in [4.69, 9.17) is 4.74 Å². The quantitative estimate of drug-likeness (QED) is 0.487. The van der Waals surface area contributed by atoms with Crippen molar-refractivity contribution in [2.75, 3.05) is 43.5 Å². The first-order valence-corrected chi connectivity index (χ1v) is 10.1. The van der Waals surface area contributed by atoms with Gasteiger partial charge in [0.1, 0.15) is 0 Å². The first kappa shape index (κ1) is 19.7. The van der Waals surface area contributed by atoms with Crippen molar-refractivity contribution in [1.29, 1.82) is 0 Å². The van der Waals surface area contributed by atoms with E-state index in [0.717, 1.165) is 16.6 Å². The SMILES string of the molecule is COc1nc(Nc2ccc3[nH]ncc3c2)nc(N2CCN(C(=O)c3cccnc3)CC2)n1. The second-order valence-electron chi connectivity index (χ2n) is 7.26. The third-order valence-electron chi connectivity index (χ3n) is 5.24. The Morgan fingerprint density at radius 2 is 1.97 bits per heavy atom. The summed E-state index contributed by atoms with van der Waals surface area (Å²) in [5.74, 6) is 0.851. The Hall–Kier alpha value is -4.28. The number of hydrogen-bond acceptors (Lipinski definition) is 9. The molecule has 32 heavy (non-hydrogen) atoms. The molecule has 162 valence electrons. The van der Waals surface area contributed by atoms with Crippen LogP contribution in [0.1, 0.15) is 10.4 Å². The first-order chi connectivity index (χ1) is 15.7. The number of carbonyl (C=O) groups is 1. The largest absolute Gasteiger partial charge is 0.467 e. The highest BCUT2D eigenvalue weighted by molar-refractivity contribution is 5.94. The van der Waals surface area contributed by atoms with E-state index in [1.807, 2.05) is 28.0 Å². The average Bonchev–Trinajstić information content (AvgIpc) is 3.32. The fourth-order valence-electron chi connectivity index (χ4n) is 3.57. The van der Waals surface area contributed by atoms with Gasteiger partial charge >= 0.3 is 6.01 Å². The van der Waals surface area contributed by atoms with E-state index in [1.165, 1.54) is 7.11 Å². The van der Waals surface area contributed by atoms with E-state index in [9.17, 15) is 4.79 Å². The summed E-state index contributed by atoms with van der Waals surface area (Å²) in [6, 6.07) is 9.56. The summed E-state index contributed by atoms with van der Waals surface area (Å²) in [6.07, 6.45) is 5.00. The summed E-state index contributed by atoms with van der Waals surface area (Å²) in [7, 11) is 1.52. The monoisotopic (exact) mass is 431 g/mol. The van der Waals surface area contributed by atoms with Gasteiger partial charge < -0.3 is 19.9 Å². The van der Waals surface area contributed by atoms with Crippen LogP contribution < -0.4 is 15.0 Å². The van der Waals surface area contributed by atoms with Crippen LogP contribution in [-0.4, -0.2) is 74.2 Å². The van der Waals surface area contributed by atoms with Crippen LogP contribution in [-0.2, 0) is 0 Å².